The molecule has 194 valence electrons. The number of hydrogen-bond acceptors (Lipinski definition) is 6. The molecule has 9 nitrogen and oxygen atoms in total. The van der Waals surface area contributed by atoms with Gasteiger partial charge >= 0.3 is 0 Å². The number of anilines is 2. The van der Waals surface area contributed by atoms with Gasteiger partial charge in [-0.3, -0.25) is 4.79 Å². The summed E-state index contributed by atoms with van der Waals surface area (Å²) >= 11 is 6.21. The molecule has 2 N–H and O–H groups in total. The molecule has 1 unspecified atom stereocenters. The van der Waals surface area contributed by atoms with Gasteiger partial charge in [-0.15, -0.1) is 0 Å². The lowest BCUT2D eigenvalue weighted by Crippen LogP contribution is -2.33. The van der Waals surface area contributed by atoms with Gasteiger partial charge in [0.05, 0.1) is 17.0 Å². The average molecular weight is 537 g/mol. The maximum atomic E-state index is 14.0. The molecule has 1 atom stereocenters. The molecule has 0 fully saturated rings. The highest BCUT2D eigenvalue weighted by atomic mass is 35.5. The average Bonchev–Trinajstić information content (AvgIpc) is 3.61. The number of aromatic nitrogens is 6. The molecule has 0 bridgehead atoms. The SMILES string of the molecule is CC(C)C1=C(C(=O)Nc2ccccn2)C(c2cn(-c3ccccc3)nc2-c2ccc(Cl)cc2)n2ncnc2N1. The number of fused-ring (bicyclic) bond motifs is 1. The number of hydrogen-bond donors (Lipinski definition) is 2. The van der Waals surface area contributed by atoms with Gasteiger partial charge in [0.25, 0.3) is 5.91 Å². The van der Waals surface area contributed by atoms with Crippen molar-refractivity contribution >= 4 is 29.3 Å². The minimum atomic E-state index is -0.618. The highest BCUT2D eigenvalue weighted by molar-refractivity contribution is 6.30. The van der Waals surface area contributed by atoms with E-state index in [1.807, 2.05) is 85.4 Å². The fraction of sp³-hybridized carbons (Fsp3) is 0.138. The number of carbonyl (C=O) groups is 1. The van der Waals surface area contributed by atoms with Crippen LogP contribution in [0.5, 0.6) is 0 Å². The second-order valence-corrected chi connectivity index (χ2v) is 9.86. The largest absolute Gasteiger partial charge is 0.327 e. The Balaban J connectivity index is 1.57. The summed E-state index contributed by atoms with van der Waals surface area (Å²) in [6, 6.07) is 22.1. The van der Waals surface area contributed by atoms with Crippen LogP contribution in [0.15, 0.2) is 103 Å². The van der Waals surface area contributed by atoms with E-state index in [1.165, 1.54) is 6.33 Å². The predicted octanol–water partition coefficient (Wildman–Crippen LogP) is 5.74. The predicted molar refractivity (Wildman–Crippen MR) is 151 cm³/mol. The second kappa shape index (κ2) is 10.2. The van der Waals surface area contributed by atoms with Gasteiger partial charge in [-0.1, -0.05) is 61.8 Å². The van der Waals surface area contributed by atoms with E-state index in [0.29, 0.717) is 28.1 Å². The lowest BCUT2D eigenvalue weighted by atomic mass is 9.90. The van der Waals surface area contributed by atoms with Gasteiger partial charge in [0.2, 0.25) is 5.95 Å². The fourth-order valence-corrected chi connectivity index (χ4v) is 4.85. The Morgan fingerprint density at radius 2 is 1.77 bits per heavy atom. The fourth-order valence-electron chi connectivity index (χ4n) is 4.73. The summed E-state index contributed by atoms with van der Waals surface area (Å²) in [5.41, 5.74) is 4.51. The van der Waals surface area contributed by atoms with Crippen molar-refractivity contribution in [3.05, 3.63) is 113 Å². The van der Waals surface area contributed by atoms with Crippen molar-refractivity contribution in [1.82, 2.24) is 29.5 Å². The number of carbonyl (C=O) groups excluding carboxylic acids is 1. The van der Waals surface area contributed by atoms with Crippen molar-refractivity contribution in [2.24, 2.45) is 5.92 Å². The van der Waals surface area contributed by atoms with E-state index < -0.39 is 6.04 Å². The molecule has 0 aliphatic carbocycles. The number of pyridine rings is 1. The van der Waals surface area contributed by atoms with Crippen LogP contribution in [0.25, 0.3) is 16.9 Å². The minimum Gasteiger partial charge on any atom is -0.327 e. The minimum absolute atomic E-state index is 0.00872. The topological polar surface area (TPSA) is 103 Å². The molecule has 0 spiro atoms. The summed E-state index contributed by atoms with van der Waals surface area (Å²) < 4.78 is 3.55. The molecule has 2 aromatic carbocycles. The Bertz CT molecular complexity index is 1660. The quantitative estimate of drug-likeness (QED) is 0.287. The number of benzene rings is 2. The highest BCUT2D eigenvalue weighted by Gasteiger charge is 2.38. The molecule has 5 aromatic rings. The first kappa shape index (κ1) is 24.6. The van der Waals surface area contributed by atoms with Gasteiger partial charge in [0.1, 0.15) is 18.2 Å². The van der Waals surface area contributed by atoms with E-state index in [-0.39, 0.29) is 11.8 Å². The molecule has 1 aliphatic heterocycles. The van der Waals surface area contributed by atoms with Gasteiger partial charge in [0, 0.05) is 34.2 Å². The third-order valence-electron chi connectivity index (χ3n) is 6.53. The number of nitrogens with zero attached hydrogens (tertiary/aromatic N) is 6. The number of rotatable bonds is 6. The van der Waals surface area contributed by atoms with Gasteiger partial charge in [-0.2, -0.15) is 15.2 Å². The first-order valence-corrected chi connectivity index (χ1v) is 12.9. The zero-order valence-corrected chi connectivity index (χ0v) is 22.0. The van der Waals surface area contributed by atoms with Crippen molar-refractivity contribution in [2.75, 3.05) is 10.6 Å². The normalized spacial score (nSPS) is 14.7. The smallest absolute Gasteiger partial charge is 0.257 e. The Labute approximate surface area is 230 Å². The van der Waals surface area contributed by atoms with Crippen LogP contribution in [-0.4, -0.2) is 35.4 Å². The van der Waals surface area contributed by atoms with Crippen LogP contribution in [0.3, 0.4) is 0 Å². The first-order valence-electron chi connectivity index (χ1n) is 12.5. The molecule has 0 saturated heterocycles. The van der Waals surface area contributed by atoms with Crippen LogP contribution in [0.2, 0.25) is 5.02 Å². The third kappa shape index (κ3) is 4.68. The summed E-state index contributed by atoms with van der Waals surface area (Å²) in [4.78, 5) is 22.7. The number of allylic oxidation sites excluding steroid dienone is 1. The van der Waals surface area contributed by atoms with Crippen LogP contribution in [-0.2, 0) is 4.79 Å². The second-order valence-electron chi connectivity index (χ2n) is 9.43. The van der Waals surface area contributed by atoms with Crippen LogP contribution in [0.1, 0.15) is 25.5 Å². The summed E-state index contributed by atoms with van der Waals surface area (Å²) in [6.07, 6.45) is 5.07. The third-order valence-corrected chi connectivity index (χ3v) is 6.78. The Morgan fingerprint density at radius 1 is 1.00 bits per heavy atom. The first-order chi connectivity index (χ1) is 19.0. The maximum absolute atomic E-state index is 14.0. The lowest BCUT2D eigenvalue weighted by molar-refractivity contribution is -0.113. The van der Waals surface area contributed by atoms with Gasteiger partial charge in [0.15, 0.2) is 0 Å². The van der Waals surface area contributed by atoms with E-state index >= 15 is 0 Å². The van der Waals surface area contributed by atoms with Crippen molar-refractivity contribution in [3.63, 3.8) is 0 Å². The molecule has 0 radical (unpaired) electrons. The zero-order chi connectivity index (χ0) is 26.9. The van der Waals surface area contributed by atoms with Crippen molar-refractivity contribution < 1.29 is 4.79 Å². The summed E-state index contributed by atoms with van der Waals surface area (Å²) in [5.74, 6) is 0.711. The van der Waals surface area contributed by atoms with Crippen molar-refractivity contribution in [3.8, 4) is 16.9 Å². The monoisotopic (exact) mass is 536 g/mol. The number of nitrogens with one attached hydrogen (secondary N) is 2. The van der Waals surface area contributed by atoms with Gasteiger partial charge in [-0.05, 0) is 42.3 Å². The molecule has 39 heavy (non-hydrogen) atoms. The van der Waals surface area contributed by atoms with E-state index in [1.54, 1.807) is 23.0 Å². The van der Waals surface area contributed by atoms with Gasteiger partial charge < -0.3 is 10.6 Å². The summed E-state index contributed by atoms with van der Waals surface area (Å²) in [5, 5.41) is 16.5. The highest BCUT2D eigenvalue weighted by Crippen LogP contribution is 2.41. The zero-order valence-electron chi connectivity index (χ0n) is 21.3. The Morgan fingerprint density at radius 3 is 2.49 bits per heavy atom. The van der Waals surface area contributed by atoms with Crippen LogP contribution < -0.4 is 10.6 Å². The van der Waals surface area contributed by atoms with E-state index in [2.05, 4.69) is 25.7 Å². The van der Waals surface area contributed by atoms with E-state index in [0.717, 1.165) is 22.5 Å². The van der Waals surface area contributed by atoms with Crippen LogP contribution in [0, 0.1) is 5.92 Å². The Hall–Kier alpha value is -4.76. The number of halogens is 1. The maximum Gasteiger partial charge on any atom is 0.257 e. The molecule has 6 rings (SSSR count). The van der Waals surface area contributed by atoms with E-state index in [9.17, 15) is 4.79 Å². The molecule has 0 saturated carbocycles. The molecular weight excluding hydrogens is 512 g/mol. The molecule has 1 amide bonds. The number of para-hydroxylation sites is 1. The molecule has 4 heterocycles. The summed E-state index contributed by atoms with van der Waals surface area (Å²) in [6.45, 7) is 4.07. The number of amides is 1. The molecule has 1 aliphatic rings. The lowest BCUT2D eigenvalue weighted by Gasteiger charge is -2.31. The molecule has 10 heteroatoms. The van der Waals surface area contributed by atoms with E-state index in [4.69, 9.17) is 16.7 Å². The molecule has 3 aromatic heterocycles. The van der Waals surface area contributed by atoms with Crippen molar-refractivity contribution in [2.45, 2.75) is 19.9 Å². The van der Waals surface area contributed by atoms with Crippen molar-refractivity contribution in [1.29, 1.82) is 0 Å². The standard InChI is InChI=1S/C29H25ClN8O/c1-18(2)25-24(28(39)34-23-10-6-7-15-31-23)27(38-29(35-25)32-17-33-38)22-16-37(21-8-4-3-5-9-21)36-26(22)19-11-13-20(30)14-12-19/h3-18,27H,1-2H3,(H,31,34,39)(H,32,33,35). The van der Waals surface area contributed by atoms with Crippen LogP contribution in [0.4, 0.5) is 11.8 Å². The Kier molecular flexibility index (Phi) is 6.42. The summed E-state index contributed by atoms with van der Waals surface area (Å²) in [7, 11) is 0. The van der Waals surface area contributed by atoms with Crippen LogP contribution >= 0.6 is 11.6 Å². The molecular formula is C29H25ClN8O. The van der Waals surface area contributed by atoms with Gasteiger partial charge in [-0.25, -0.2) is 14.3 Å².